The predicted octanol–water partition coefficient (Wildman–Crippen LogP) is 2.08. The van der Waals surface area contributed by atoms with Gasteiger partial charge in [0.05, 0.1) is 6.61 Å². The summed E-state index contributed by atoms with van der Waals surface area (Å²) < 4.78 is 5.25. The third kappa shape index (κ3) is 3.31. The molecule has 1 fully saturated rings. The zero-order valence-corrected chi connectivity index (χ0v) is 11.4. The molecule has 0 saturated heterocycles. The third-order valence-corrected chi connectivity index (χ3v) is 3.87. The summed E-state index contributed by atoms with van der Waals surface area (Å²) in [7, 11) is 1.73. The van der Waals surface area contributed by atoms with E-state index in [1.54, 1.807) is 7.11 Å². The van der Waals surface area contributed by atoms with Crippen LogP contribution in [0.4, 0.5) is 0 Å². The van der Waals surface area contributed by atoms with Crippen LogP contribution in [0.1, 0.15) is 30.5 Å². The SMILES string of the molecule is COCc1ccccc1C(CN)NCC1CC1C. The molecule has 0 heterocycles. The maximum absolute atomic E-state index is 5.91. The summed E-state index contributed by atoms with van der Waals surface area (Å²) >= 11 is 0. The van der Waals surface area contributed by atoms with Gasteiger partial charge in [0.25, 0.3) is 0 Å². The van der Waals surface area contributed by atoms with E-state index in [-0.39, 0.29) is 6.04 Å². The first-order valence-electron chi connectivity index (χ1n) is 6.76. The lowest BCUT2D eigenvalue weighted by Crippen LogP contribution is -2.30. The van der Waals surface area contributed by atoms with Gasteiger partial charge in [-0.3, -0.25) is 0 Å². The smallest absolute Gasteiger partial charge is 0.0716 e. The number of ether oxygens (including phenoxy) is 1. The van der Waals surface area contributed by atoms with Crippen LogP contribution in [0.2, 0.25) is 0 Å². The summed E-state index contributed by atoms with van der Waals surface area (Å²) in [4.78, 5) is 0. The molecule has 1 aromatic carbocycles. The molecule has 100 valence electrons. The summed E-state index contributed by atoms with van der Waals surface area (Å²) in [6, 6.07) is 8.62. The van der Waals surface area contributed by atoms with Crippen molar-refractivity contribution in [3.05, 3.63) is 35.4 Å². The summed E-state index contributed by atoms with van der Waals surface area (Å²) in [6.45, 7) is 4.66. The van der Waals surface area contributed by atoms with Gasteiger partial charge in [0.15, 0.2) is 0 Å². The van der Waals surface area contributed by atoms with Crippen molar-refractivity contribution in [3.8, 4) is 0 Å². The van der Waals surface area contributed by atoms with Crippen LogP contribution < -0.4 is 11.1 Å². The quantitative estimate of drug-likeness (QED) is 0.776. The van der Waals surface area contributed by atoms with Crippen molar-refractivity contribution < 1.29 is 4.74 Å². The number of hydrogen-bond acceptors (Lipinski definition) is 3. The highest BCUT2D eigenvalue weighted by Gasteiger charge is 2.32. The van der Waals surface area contributed by atoms with E-state index in [9.17, 15) is 0 Å². The minimum atomic E-state index is 0.240. The Kier molecular flexibility index (Phi) is 4.75. The molecule has 0 aliphatic heterocycles. The molecule has 3 atom stereocenters. The average Bonchev–Trinajstić information content (AvgIpc) is 3.08. The van der Waals surface area contributed by atoms with Crippen molar-refractivity contribution >= 4 is 0 Å². The predicted molar refractivity (Wildman–Crippen MR) is 74.2 cm³/mol. The van der Waals surface area contributed by atoms with E-state index in [1.165, 1.54) is 17.5 Å². The van der Waals surface area contributed by atoms with E-state index in [2.05, 4.69) is 30.4 Å². The van der Waals surface area contributed by atoms with E-state index >= 15 is 0 Å². The molecule has 18 heavy (non-hydrogen) atoms. The number of methoxy groups -OCH3 is 1. The molecular formula is C15H24N2O. The minimum Gasteiger partial charge on any atom is -0.380 e. The molecule has 3 nitrogen and oxygen atoms in total. The van der Waals surface area contributed by atoms with Crippen LogP contribution >= 0.6 is 0 Å². The third-order valence-electron chi connectivity index (χ3n) is 3.87. The molecule has 0 amide bonds. The zero-order chi connectivity index (χ0) is 13.0. The van der Waals surface area contributed by atoms with Crippen LogP contribution in [-0.2, 0) is 11.3 Å². The number of nitrogens with two attached hydrogens (primary N) is 1. The molecule has 1 saturated carbocycles. The molecule has 0 radical (unpaired) electrons. The van der Waals surface area contributed by atoms with Crippen LogP contribution in [0.15, 0.2) is 24.3 Å². The largest absolute Gasteiger partial charge is 0.380 e. The highest BCUT2D eigenvalue weighted by Crippen LogP contribution is 2.37. The van der Waals surface area contributed by atoms with Gasteiger partial charge in [-0.05, 0) is 35.9 Å². The van der Waals surface area contributed by atoms with Gasteiger partial charge >= 0.3 is 0 Å². The molecule has 0 aromatic heterocycles. The van der Waals surface area contributed by atoms with Crippen LogP contribution in [0.25, 0.3) is 0 Å². The van der Waals surface area contributed by atoms with Gasteiger partial charge < -0.3 is 15.8 Å². The van der Waals surface area contributed by atoms with Crippen LogP contribution in [0.3, 0.4) is 0 Å². The van der Waals surface area contributed by atoms with Gasteiger partial charge in [-0.15, -0.1) is 0 Å². The molecule has 1 aromatic rings. The standard InChI is InChI=1S/C15H24N2O/c1-11-7-13(11)9-17-15(8-16)14-6-4-3-5-12(14)10-18-2/h3-6,11,13,15,17H,7-10,16H2,1-2H3. The molecule has 0 bridgehead atoms. The van der Waals surface area contributed by atoms with Crippen LogP contribution in [0.5, 0.6) is 0 Å². The molecule has 1 aliphatic carbocycles. The number of rotatable bonds is 7. The van der Waals surface area contributed by atoms with E-state index < -0.39 is 0 Å². The Bertz CT molecular complexity index is 381. The van der Waals surface area contributed by atoms with E-state index in [0.717, 1.165) is 18.4 Å². The Labute approximate surface area is 110 Å². The van der Waals surface area contributed by atoms with Crippen LogP contribution in [-0.4, -0.2) is 20.2 Å². The van der Waals surface area contributed by atoms with E-state index in [1.807, 2.05) is 6.07 Å². The number of benzene rings is 1. The fourth-order valence-corrected chi connectivity index (χ4v) is 2.46. The Hall–Kier alpha value is -0.900. The Morgan fingerprint density at radius 3 is 2.78 bits per heavy atom. The van der Waals surface area contributed by atoms with Gasteiger partial charge in [0.1, 0.15) is 0 Å². The summed E-state index contributed by atoms with van der Waals surface area (Å²) in [6.07, 6.45) is 1.35. The van der Waals surface area contributed by atoms with Gasteiger partial charge in [-0.25, -0.2) is 0 Å². The first-order valence-corrected chi connectivity index (χ1v) is 6.76. The highest BCUT2D eigenvalue weighted by molar-refractivity contribution is 5.30. The lowest BCUT2D eigenvalue weighted by atomic mass is 10.0. The fraction of sp³-hybridized carbons (Fsp3) is 0.600. The first kappa shape index (κ1) is 13.5. The lowest BCUT2D eigenvalue weighted by molar-refractivity contribution is 0.183. The van der Waals surface area contributed by atoms with Crippen molar-refractivity contribution in [2.75, 3.05) is 20.2 Å². The summed E-state index contributed by atoms with van der Waals surface area (Å²) in [5.41, 5.74) is 8.41. The van der Waals surface area contributed by atoms with E-state index in [4.69, 9.17) is 10.5 Å². The molecule has 3 unspecified atom stereocenters. The monoisotopic (exact) mass is 248 g/mol. The highest BCUT2D eigenvalue weighted by atomic mass is 16.5. The van der Waals surface area contributed by atoms with Crippen molar-refractivity contribution in [2.45, 2.75) is 26.0 Å². The first-order chi connectivity index (χ1) is 8.76. The Morgan fingerprint density at radius 1 is 1.44 bits per heavy atom. The second-order valence-electron chi connectivity index (χ2n) is 5.30. The lowest BCUT2D eigenvalue weighted by Gasteiger charge is -2.20. The van der Waals surface area contributed by atoms with Crippen LogP contribution in [0, 0.1) is 11.8 Å². The molecule has 1 aliphatic rings. The zero-order valence-electron chi connectivity index (χ0n) is 11.4. The topological polar surface area (TPSA) is 47.3 Å². The second-order valence-corrected chi connectivity index (χ2v) is 5.30. The van der Waals surface area contributed by atoms with Crippen molar-refractivity contribution in [2.24, 2.45) is 17.6 Å². The average molecular weight is 248 g/mol. The van der Waals surface area contributed by atoms with Crippen molar-refractivity contribution in [1.82, 2.24) is 5.32 Å². The number of hydrogen-bond donors (Lipinski definition) is 2. The summed E-state index contributed by atoms with van der Waals surface area (Å²) in [5, 5.41) is 3.60. The van der Waals surface area contributed by atoms with Crippen molar-refractivity contribution in [3.63, 3.8) is 0 Å². The van der Waals surface area contributed by atoms with Gasteiger partial charge in [0.2, 0.25) is 0 Å². The van der Waals surface area contributed by atoms with Crippen molar-refractivity contribution in [1.29, 1.82) is 0 Å². The maximum Gasteiger partial charge on any atom is 0.0716 e. The molecule has 3 N–H and O–H groups in total. The normalized spacial score (nSPS) is 23.9. The summed E-state index contributed by atoms with van der Waals surface area (Å²) in [5.74, 6) is 1.72. The molecule has 0 spiro atoms. The van der Waals surface area contributed by atoms with Gasteiger partial charge in [0, 0.05) is 19.7 Å². The minimum absolute atomic E-state index is 0.240. The number of nitrogens with one attached hydrogen (secondary N) is 1. The Balaban J connectivity index is 2.01. The molecule has 3 heteroatoms. The maximum atomic E-state index is 5.91. The fourth-order valence-electron chi connectivity index (χ4n) is 2.46. The van der Waals surface area contributed by atoms with E-state index in [0.29, 0.717) is 13.2 Å². The van der Waals surface area contributed by atoms with Gasteiger partial charge in [-0.1, -0.05) is 31.2 Å². The molecule has 2 rings (SSSR count). The Morgan fingerprint density at radius 2 is 2.17 bits per heavy atom. The molecular weight excluding hydrogens is 224 g/mol. The second kappa shape index (κ2) is 6.32. The van der Waals surface area contributed by atoms with Gasteiger partial charge in [-0.2, -0.15) is 0 Å².